The zero-order valence-corrected chi connectivity index (χ0v) is 20.2. The van der Waals surface area contributed by atoms with Crippen molar-refractivity contribution in [3.63, 3.8) is 0 Å². The number of nitrogen functional groups attached to an aromatic ring is 1. The van der Waals surface area contributed by atoms with Gasteiger partial charge in [0.25, 0.3) is 0 Å². The minimum Gasteiger partial charge on any atom is -0.383 e. The molecule has 2 N–H and O–H groups in total. The number of hydrogen-bond acceptors (Lipinski definition) is 7. The maximum absolute atomic E-state index is 12.7. The Hall–Kier alpha value is -1.38. The quantitative estimate of drug-likeness (QED) is 0.410. The van der Waals surface area contributed by atoms with Crippen molar-refractivity contribution >= 4 is 45.0 Å². The van der Waals surface area contributed by atoms with E-state index in [-0.39, 0.29) is 12.0 Å². The molecule has 30 heavy (non-hydrogen) atoms. The average Bonchev–Trinajstić information content (AvgIpc) is 3.10. The van der Waals surface area contributed by atoms with Crippen LogP contribution in [0.15, 0.2) is 5.16 Å². The number of nitrogens with two attached hydrogens (primary N) is 1. The van der Waals surface area contributed by atoms with Crippen LogP contribution in [0.5, 0.6) is 0 Å². The van der Waals surface area contributed by atoms with Crippen molar-refractivity contribution in [3.05, 3.63) is 10.4 Å². The van der Waals surface area contributed by atoms with E-state index >= 15 is 0 Å². The molecule has 1 aliphatic rings. The predicted molar refractivity (Wildman–Crippen MR) is 126 cm³/mol. The van der Waals surface area contributed by atoms with Gasteiger partial charge in [0.05, 0.1) is 23.8 Å². The van der Waals surface area contributed by atoms with Crippen LogP contribution in [0.2, 0.25) is 0 Å². The van der Waals surface area contributed by atoms with Crippen molar-refractivity contribution in [2.24, 2.45) is 5.92 Å². The minimum atomic E-state index is 0.155. The maximum atomic E-state index is 12.7. The van der Waals surface area contributed by atoms with Crippen LogP contribution in [-0.4, -0.2) is 45.7 Å². The smallest absolute Gasteiger partial charge is 0.233 e. The summed E-state index contributed by atoms with van der Waals surface area (Å²) in [7, 11) is 0. The zero-order chi connectivity index (χ0) is 21.7. The van der Waals surface area contributed by atoms with Gasteiger partial charge in [0, 0.05) is 24.4 Å². The zero-order valence-electron chi connectivity index (χ0n) is 18.6. The average molecular weight is 451 g/mol. The third-order valence-electron chi connectivity index (χ3n) is 5.56. The molecule has 166 valence electrons. The summed E-state index contributed by atoms with van der Waals surface area (Å²) in [6.07, 6.45) is 5.31. The van der Waals surface area contributed by atoms with Gasteiger partial charge in [0.2, 0.25) is 5.91 Å². The number of nitrogens with zero attached hydrogens (tertiary/aromatic N) is 3. The molecule has 0 aromatic carbocycles. The van der Waals surface area contributed by atoms with E-state index in [4.69, 9.17) is 15.5 Å². The molecule has 1 aliphatic heterocycles. The third kappa shape index (κ3) is 5.45. The summed E-state index contributed by atoms with van der Waals surface area (Å²) in [6, 6.07) is 0. The van der Waals surface area contributed by atoms with Gasteiger partial charge in [-0.25, -0.2) is 9.97 Å². The second kappa shape index (κ2) is 10.8. The number of amides is 1. The van der Waals surface area contributed by atoms with Gasteiger partial charge in [-0.1, -0.05) is 52.3 Å². The van der Waals surface area contributed by atoms with Gasteiger partial charge in [-0.2, -0.15) is 0 Å². The fraction of sp³-hybridized carbons (Fsp3) is 0.682. The molecule has 0 fully saturated rings. The van der Waals surface area contributed by atoms with Gasteiger partial charge < -0.3 is 15.4 Å². The van der Waals surface area contributed by atoms with Crippen molar-refractivity contribution in [3.8, 4) is 0 Å². The van der Waals surface area contributed by atoms with E-state index in [0.29, 0.717) is 29.3 Å². The molecule has 0 saturated carbocycles. The van der Waals surface area contributed by atoms with E-state index in [0.717, 1.165) is 55.4 Å². The molecule has 3 rings (SSSR count). The van der Waals surface area contributed by atoms with Crippen molar-refractivity contribution in [2.45, 2.75) is 77.7 Å². The normalized spacial score (nSPS) is 16.2. The molecule has 0 radical (unpaired) electrons. The van der Waals surface area contributed by atoms with Crippen LogP contribution >= 0.6 is 23.1 Å². The fourth-order valence-electron chi connectivity index (χ4n) is 3.66. The van der Waals surface area contributed by atoms with Crippen LogP contribution in [0, 0.1) is 5.92 Å². The summed E-state index contributed by atoms with van der Waals surface area (Å²) < 4.78 is 6.00. The molecular formula is C22H34N4O2S2. The lowest BCUT2D eigenvalue weighted by Crippen LogP contribution is -2.34. The molecule has 8 heteroatoms. The number of carbonyl (C=O) groups excluding carboxylic acids is 1. The predicted octanol–water partition coefficient (Wildman–Crippen LogP) is 4.89. The van der Waals surface area contributed by atoms with Crippen molar-refractivity contribution < 1.29 is 9.53 Å². The van der Waals surface area contributed by atoms with Crippen LogP contribution in [0.4, 0.5) is 5.82 Å². The molecule has 2 aromatic heterocycles. The Labute approximate surface area is 188 Å². The van der Waals surface area contributed by atoms with Gasteiger partial charge in [-0.05, 0) is 24.3 Å². The molecule has 0 aliphatic carbocycles. The van der Waals surface area contributed by atoms with Gasteiger partial charge in [0.15, 0.2) is 5.16 Å². The minimum absolute atomic E-state index is 0.155. The number of thiophene rings is 1. The van der Waals surface area contributed by atoms with E-state index in [1.165, 1.54) is 22.2 Å². The van der Waals surface area contributed by atoms with E-state index in [1.807, 2.05) is 4.90 Å². The Kier molecular flexibility index (Phi) is 8.36. The molecule has 0 spiro atoms. The number of hydrogen-bond donors (Lipinski definition) is 1. The molecule has 1 unspecified atom stereocenters. The molecule has 1 atom stereocenters. The van der Waals surface area contributed by atoms with E-state index in [2.05, 4.69) is 32.7 Å². The highest BCUT2D eigenvalue weighted by molar-refractivity contribution is 7.99. The molecule has 6 nitrogen and oxygen atoms in total. The highest BCUT2D eigenvalue weighted by atomic mass is 32.2. The lowest BCUT2D eigenvalue weighted by atomic mass is 9.96. The lowest BCUT2D eigenvalue weighted by molar-refractivity contribution is -0.128. The first-order chi connectivity index (χ1) is 14.4. The number of ether oxygens (including phenoxy) is 1. The topological polar surface area (TPSA) is 81.3 Å². The Balaban J connectivity index is 1.72. The van der Waals surface area contributed by atoms with Crippen LogP contribution in [0.25, 0.3) is 10.2 Å². The fourth-order valence-corrected chi connectivity index (χ4v) is 5.60. The van der Waals surface area contributed by atoms with Crippen molar-refractivity contribution in [2.75, 3.05) is 24.6 Å². The maximum Gasteiger partial charge on any atom is 0.233 e. The Morgan fingerprint density at radius 1 is 1.27 bits per heavy atom. The summed E-state index contributed by atoms with van der Waals surface area (Å²) in [4.78, 5) is 26.1. The lowest BCUT2D eigenvalue weighted by Gasteiger charge is -2.26. The first-order valence-corrected chi connectivity index (χ1v) is 12.8. The van der Waals surface area contributed by atoms with E-state index in [9.17, 15) is 4.79 Å². The molecule has 2 aromatic rings. The Bertz CT molecular complexity index is 860. The summed E-state index contributed by atoms with van der Waals surface area (Å²) in [5.74, 6) is 1.48. The second-order valence-electron chi connectivity index (χ2n) is 8.25. The standard InChI is InChI=1S/C22H34N4O2S2/c1-5-7-9-26(10-8-6-2)18(27)13-29-22-24-20(23)19-15-11-16(14(3)4)28-12-17(15)30-21(19)25-22/h14,16H,5-13H2,1-4H3,(H2,23,24,25). The van der Waals surface area contributed by atoms with Crippen molar-refractivity contribution in [1.29, 1.82) is 0 Å². The summed E-state index contributed by atoms with van der Waals surface area (Å²) >= 11 is 3.03. The number of thioether (sulfide) groups is 1. The van der Waals surface area contributed by atoms with E-state index < -0.39 is 0 Å². The highest BCUT2D eigenvalue weighted by Crippen LogP contribution is 2.39. The van der Waals surface area contributed by atoms with Crippen LogP contribution in [0.3, 0.4) is 0 Å². The Morgan fingerprint density at radius 3 is 2.60 bits per heavy atom. The summed E-state index contributed by atoms with van der Waals surface area (Å²) in [5.41, 5.74) is 7.60. The largest absolute Gasteiger partial charge is 0.383 e. The van der Waals surface area contributed by atoms with E-state index in [1.54, 1.807) is 11.3 Å². The van der Waals surface area contributed by atoms with Crippen LogP contribution in [-0.2, 0) is 22.6 Å². The van der Waals surface area contributed by atoms with Gasteiger partial charge in [-0.3, -0.25) is 4.79 Å². The molecule has 0 bridgehead atoms. The van der Waals surface area contributed by atoms with Gasteiger partial charge >= 0.3 is 0 Å². The number of rotatable bonds is 10. The molecule has 1 amide bonds. The van der Waals surface area contributed by atoms with Crippen molar-refractivity contribution in [1.82, 2.24) is 14.9 Å². The number of aromatic nitrogens is 2. The highest BCUT2D eigenvalue weighted by Gasteiger charge is 2.27. The monoisotopic (exact) mass is 450 g/mol. The number of anilines is 1. The van der Waals surface area contributed by atoms with Crippen LogP contribution < -0.4 is 5.73 Å². The second-order valence-corrected chi connectivity index (χ2v) is 10.3. The van der Waals surface area contributed by atoms with Gasteiger partial charge in [0.1, 0.15) is 10.6 Å². The van der Waals surface area contributed by atoms with Crippen LogP contribution in [0.1, 0.15) is 63.8 Å². The summed E-state index contributed by atoms with van der Waals surface area (Å²) in [6.45, 7) is 10.9. The molecule has 0 saturated heterocycles. The summed E-state index contributed by atoms with van der Waals surface area (Å²) in [5, 5.41) is 1.56. The molecular weight excluding hydrogens is 416 g/mol. The molecule has 3 heterocycles. The Morgan fingerprint density at radius 2 is 1.97 bits per heavy atom. The number of carbonyl (C=O) groups is 1. The first-order valence-electron chi connectivity index (χ1n) is 11.0. The third-order valence-corrected chi connectivity index (χ3v) is 7.49. The number of fused-ring (bicyclic) bond motifs is 3. The van der Waals surface area contributed by atoms with Gasteiger partial charge in [-0.15, -0.1) is 11.3 Å². The SMILES string of the molecule is CCCCN(CCCC)C(=O)CSc1nc(N)c2c3c(sc2n1)COC(C(C)C)C3. The first kappa shape index (κ1) is 23.3. The number of unbranched alkanes of at least 4 members (excludes halogenated alkanes) is 2.